The largest absolute Gasteiger partial charge is 0.496 e. The molecule has 1 N–H and O–H groups in total. The van der Waals surface area contributed by atoms with Crippen molar-refractivity contribution in [3.05, 3.63) is 77.4 Å². The van der Waals surface area contributed by atoms with Gasteiger partial charge in [-0.1, -0.05) is 54.6 Å². The van der Waals surface area contributed by atoms with E-state index in [0.717, 1.165) is 5.56 Å². The van der Waals surface area contributed by atoms with Crippen LogP contribution >= 0.6 is 0 Å². The van der Waals surface area contributed by atoms with Gasteiger partial charge in [-0.05, 0) is 11.6 Å². The summed E-state index contributed by atoms with van der Waals surface area (Å²) in [6.45, 7) is 0. The first-order valence-electron chi connectivity index (χ1n) is 7.56. The number of fused-ring (bicyclic) bond motifs is 2. The fraction of sp³-hybridized carbons (Fsp3) is 0.100. The van der Waals surface area contributed by atoms with E-state index in [1.165, 1.54) is 0 Å². The maximum Gasteiger partial charge on any atom is 0.217 e. The lowest BCUT2D eigenvalue weighted by Gasteiger charge is -2.20. The van der Waals surface area contributed by atoms with E-state index < -0.39 is 17.2 Å². The van der Waals surface area contributed by atoms with Gasteiger partial charge in [0, 0.05) is 22.3 Å². The molecular weight excluding hydrogens is 304 g/mol. The summed E-state index contributed by atoms with van der Waals surface area (Å²) >= 11 is 0. The molecule has 24 heavy (non-hydrogen) atoms. The number of hydrogen-bond acceptors (Lipinski definition) is 4. The Balaban J connectivity index is 1.95. The summed E-state index contributed by atoms with van der Waals surface area (Å²) in [7, 11) is 1.55. The predicted octanol–water partition coefficient (Wildman–Crippen LogP) is 3.07. The topological polar surface area (TPSA) is 63.6 Å². The highest BCUT2D eigenvalue weighted by molar-refractivity contribution is 6.32. The Bertz CT molecular complexity index is 922. The van der Waals surface area contributed by atoms with Crippen LogP contribution in [0.25, 0.3) is 11.1 Å². The lowest BCUT2D eigenvalue weighted by molar-refractivity contribution is 0.0324. The van der Waals surface area contributed by atoms with Crippen molar-refractivity contribution in [2.75, 3.05) is 7.11 Å². The van der Waals surface area contributed by atoms with Crippen LogP contribution in [0, 0.1) is 0 Å². The number of carbonyl (C=O) groups is 2. The van der Waals surface area contributed by atoms with Gasteiger partial charge in [0.1, 0.15) is 5.75 Å². The summed E-state index contributed by atoms with van der Waals surface area (Å²) in [4.78, 5) is 25.6. The van der Waals surface area contributed by atoms with Crippen LogP contribution in [0.2, 0.25) is 0 Å². The highest BCUT2D eigenvalue weighted by atomic mass is 16.5. The van der Waals surface area contributed by atoms with Gasteiger partial charge in [0.15, 0.2) is 0 Å². The normalized spacial score (nSPS) is 15.6. The highest BCUT2D eigenvalue weighted by Crippen LogP contribution is 2.45. The van der Waals surface area contributed by atoms with Crippen LogP contribution in [0.5, 0.6) is 5.75 Å². The first kappa shape index (κ1) is 14.6. The molecule has 1 aromatic rings. The standard InChI is InChI=1S/C20H14O4/c1-24-17-9-5-4-6-12-13(17)10-11-16(12)20(23)18(21)14-7-2-3-8-15(14)19(20)22/h2-11,23H,1H3. The number of ether oxygens (including phenoxy) is 1. The molecule has 0 spiro atoms. The molecule has 0 aliphatic heterocycles. The SMILES string of the molecule is COc1ccccc2c(C3(O)C(=O)c4ccccc4C3=O)ccc1-2. The van der Waals surface area contributed by atoms with Crippen LogP contribution in [-0.4, -0.2) is 23.8 Å². The van der Waals surface area contributed by atoms with Crippen molar-refractivity contribution in [3.8, 4) is 16.9 Å². The van der Waals surface area contributed by atoms with Crippen LogP contribution in [0.1, 0.15) is 26.3 Å². The molecule has 0 saturated heterocycles. The Hall–Kier alpha value is -2.98. The third-order valence-electron chi connectivity index (χ3n) is 4.57. The van der Waals surface area contributed by atoms with Gasteiger partial charge in [-0.25, -0.2) is 0 Å². The van der Waals surface area contributed by atoms with Crippen LogP contribution in [0.15, 0.2) is 60.7 Å². The Kier molecular flexibility index (Phi) is 3.05. The van der Waals surface area contributed by atoms with Crippen LogP contribution in [0.4, 0.5) is 0 Å². The number of methoxy groups -OCH3 is 1. The quantitative estimate of drug-likeness (QED) is 0.738. The van der Waals surface area contributed by atoms with E-state index in [9.17, 15) is 14.7 Å². The molecule has 0 bridgehead atoms. The average Bonchev–Trinajstić information content (AvgIpc) is 3.02. The molecule has 0 unspecified atom stereocenters. The van der Waals surface area contributed by atoms with Crippen molar-refractivity contribution in [1.29, 1.82) is 0 Å². The Morgan fingerprint density at radius 1 is 0.750 bits per heavy atom. The van der Waals surface area contributed by atoms with E-state index in [4.69, 9.17) is 4.74 Å². The third kappa shape index (κ3) is 1.71. The lowest BCUT2D eigenvalue weighted by atomic mass is 9.87. The zero-order valence-electron chi connectivity index (χ0n) is 12.9. The van der Waals surface area contributed by atoms with Gasteiger partial charge < -0.3 is 9.84 Å². The molecule has 4 heteroatoms. The molecule has 4 nitrogen and oxygen atoms in total. The average molecular weight is 318 g/mol. The molecule has 0 aromatic heterocycles. The Labute approximate surface area is 138 Å². The number of benzene rings is 1. The van der Waals surface area contributed by atoms with Gasteiger partial charge in [0.2, 0.25) is 17.2 Å². The second kappa shape index (κ2) is 5.01. The summed E-state index contributed by atoms with van der Waals surface area (Å²) < 4.78 is 5.36. The van der Waals surface area contributed by atoms with Crippen molar-refractivity contribution in [2.45, 2.75) is 5.60 Å². The summed E-state index contributed by atoms with van der Waals surface area (Å²) in [5, 5.41) is 11.1. The minimum atomic E-state index is -2.19. The first-order chi connectivity index (χ1) is 11.6. The summed E-state index contributed by atoms with van der Waals surface area (Å²) in [5.41, 5.74) is -0.0297. The summed E-state index contributed by atoms with van der Waals surface area (Å²) in [6, 6.07) is 17.0. The van der Waals surface area contributed by atoms with Crippen molar-refractivity contribution in [3.63, 3.8) is 0 Å². The van der Waals surface area contributed by atoms with Crippen LogP contribution in [-0.2, 0) is 5.60 Å². The van der Waals surface area contributed by atoms with Crippen LogP contribution < -0.4 is 4.74 Å². The smallest absolute Gasteiger partial charge is 0.217 e. The number of carbonyl (C=O) groups excluding carboxylic acids is 2. The molecule has 0 saturated carbocycles. The molecule has 0 fully saturated rings. The number of aliphatic hydroxyl groups is 1. The zero-order chi connectivity index (χ0) is 16.9. The summed E-state index contributed by atoms with van der Waals surface area (Å²) in [6.07, 6.45) is 0. The molecule has 1 aromatic carbocycles. The number of ketones is 2. The van der Waals surface area contributed by atoms with Crippen molar-refractivity contribution < 1.29 is 19.4 Å². The maximum atomic E-state index is 12.8. The molecule has 0 amide bonds. The minimum absolute atomic E-state index is 0.256. The van der Waals surface area contributed by atoms with Crippen molar-refractivity contribution in [1.82, 2.24) is 0 Å². The third-order valence-corrected chi connectivity index (χ3v) is 4.57. The fourth-order valence-electron chi connectivity index (χ4n) is 3.38. The van der Waals surface area contributed by atoms with Gasteiger partial charge in [0.05, 0.1) is 7.11 Å². The number of hydrogen-bond donors (Lipinski definition) is 1. The van der Waals surface area contributed by atoms with E-state index in [-0.39, 0.29) is 11.1 Å². The molecule has 3 aliphatic rings. The highest BCUT2D eigenvalue weighted by Gasteiger charge is 2.54. The second-order valence-corrected chi connectivity index (χ2v) is 5.78. The molecule has 0 atom stereocenters. The first-order valence-corrected chi connectivity index (χ1v) is 7.56. The minimum Gasteiger partial charge on any atom is -0.496 e. The predicted molar refractivity (Wildman–Crippen MR) is 88.6 cm³/mol. The molecule has 3 aliphatic carbocycles. The monoisotopic (exact) mass is 318 g/mol. The van der Waals surface area contributed by atoms with Crippen molar-refractivity contribution in [2.24, 2.45) is 0 Å². The maximum absolute atomic E-state index is 12.8. The number of rotatable bonds is 2. The van der Waals surface area contributed by atoms with Gasteiger partial charge in [-0.15, -0.1) is 0 Å². The zero-order valence-corrected chi connectivity index (χ0v) is 12.9. The van der Waals surface area contributed by atoms with E-state index in [1.54, 1.807) is 67.8 Å². The molecule has 0 heterocycles. The molecule has 4 rings (SSSR count). The van der Waals surface area contributed by atoms with E-state index in [2.05, 4.69) is 0 Å². The number of Topliss-reactive ketones (excluding diaryl/α,β-unsaturated/α-hetero) is 2. The van der Waals surface area contributed by atoms with Gasteiger partial charge in [-0.3, -0.25) is 9.59 Å². The van der Waals surface area contributed by atoms with E-state index >= 15 is 0 Å². The van der Waals surface area contributed by atoms with Gasteiger partial charge >= 0.3 is 0 Å². The van der Waals surface area contributed by atoms with Gasteiger partial charge in [-0.2, -0.15) is 0 Å². The van der Waals surface area contributed by atoms with E-state index in [0.29, 0.717) is 16.9 Å². The lowest BCUT2D eigenvalue weighted by Crippen LogP contribution is -2.38. The van der Waals surface area contributed by atoms with Crippen LogP contribution in [0.3, 0.4) is 0 Å². The molecular formula is C20H14O4. The van der Waals surface area contributed by atoms with Gasteiger partial charge in [0.25, 0.3) is 0 Å². The fourth-order valence-corrected chi connectivity index (χ4v) is 3.38. The Morgan fingerprint density at radius 2 is 1.29 bits per heavy atom. The Morgan fingerprint density at radius 3 is 1.88 bits per heavy atom. The molecule has 0 radical (unpaired) electrons. The molecule has 118 valence electrons. The van der Waals surface area contributed by atoms with E-state index in [1.807, 2.05) is 0 Å². The summed E-state index contributed by atoms with van der Waals surface area (Å²) in [5.74, 6) is -0.553. The second-order valence-electron chi connectivity index (χ2n) is 5.78. The van der Waals surface area contributed by atoms with Crippen molar-refractivity contribution >= 4 is 11.6 Å².